The van der Waals surface area contributed by atoms with Gasteiger partial charge in [-0.25, -0.2) is 18.6 Å². The topological polar surface area (TPSA) is 246 Å². The molecule has 8 aromatic rings. The average Bonchev–Trinajstić information content (AvgIpc) is 1.59. The summed E-state index contributed by atoms with van der Waals surface area (Å²) >= 11 is 8.80. The molecule has 0 spiro atoms. The van der Waals surface area contributed by atoms with E-state index in [4.69, 9.17) is 82.5 Å². The predicted molar refractivity (Wildman–Crippen MR) is 360 cm³/mol. The zero-order valence-electron chi connectivity index (χ0n) is 52.6. The highest BCUT2D eigenvalue weighted by molar-refractivity contribution is 9.08. The molecule has 93 heavy (non-hydrogen) atoms. The Kier molecular flexibility index (Phi) is 36.7. The van der Waals surface area contributed by atoms with Crippen LogP contribution in [0.2, 0.25) is 0 Å². The number of hydrogen-bond acceptors (Lipinski definition) is 19. The Balaban J connectivity index is 0.000000305. The minimum atomic E-state index is -1.67. The first-order chi connectivity index (χ1) is 44.7. The molecule has 0 heterocycles. The van der Waals surface area contributed by atoms with E-state index in [1.165, 1.54) is 64.3 Å². The number of esters is 2. The molecule has 0 aliphatic carbocycles. The molecule has 8 aromatic carbocycles. The van der Waals surface area contributed by atoms with Crippen LogP contribution in [0.3, 0.4) is 0 Å². The van der Waals surface area contributed by atoms with Crippen LogP contribution in [0.15, 0.2) is 170 Å². The number of carbonyl (C=O) groups is 4. The number of aromatic carboxylic acids is 1. The molecule has 20 nitrogen and oxygen atoms in total. The van der Waals surface area contributed by atoms with Crippen LogP contribution < -0.4 is 52.1 Å². The third-order valence-corrected chi connectivity index (χ3v) is 13.0. The summed E-state index contributed by atoms with van der Waals surface area (Å²) < 4.78 is 76.8. The zero-order valence-corrected chi connectivity index (χ0v) is 57.2. The van der Waals surface area contributed by atoms with E-state index < -0.39 is 26.4 Å². The number of carboxylic acids is 1. The Bertz CT molecular complexity index is 3440. The van der Waals surface area contributed by atoms with Gasteiger partial charge in [0, 0.05) is 32.3 Å². The number of ether oxygens (including phenoxy) is 13. The van der Waals surface area contributed by atoms with Crippen molar-refractivity contribution in [2.75, 3.05) is 70.1 Å². The number of phenolic OH excluding ortho intramolecular Hbond substituents is 1. The van der Waals surface area contributed by atoms with Crippen molar-refractivity contribution in [2.45, 2.75) is 39.0 Å². The number of hydrogen-bond donors (Lipinski definition) is 2. The highest BCUT2D eigenvalue weighted by atomic mass is 79.9. The minimum Gasteiger partial charge on any atom is -0.504 e. The van der Waals surface area contributed by atoms with Crippen LogP contribution in [-0.2, 0) is 43.9 Å². The lowest BCUT2D eigenvalue weighted by atomic mass is 10.2. The van der Waals surface area contributed by atoms with Crippen molar-refractivity contribution in [1.82, 2.24) is 0 Å². The molecule has 0 radical (unpaired) electrons. The molecule has 0 unspecified atom stereocenters. The van der Waals surface area contributed by atoms with E-state index in [1.807, 2.05) is 97.1 Å². The van der Waals surface area contributed by atoms with Gasteiger partial charge in [-0.05, 0) is 169 Å². The summed E-state index contributed by atoms with van der Waals surface area (Å²) in [5.41, 5.74) is 5.55. The highest BCUT2D eigenvalue weighted by Gasteiger charge is 2.15. The summed E-state index contributed by atoms with van der Waals surface area (Å²) in [5.74, 6) is 4.69. The van der Waals surface area contributed by atoms with Crippen LogP contribution in [0.5, 0.6) is 69.0 Å². The number of phenols is 1. The lowest BCUT2D eigenvalue weighted by Gasteiger charge is -2.12. The summed E-state index contributed by atoms with van der Waals surface area (Å²) in [7, 11) is 19.8. The van der Waals surface area contributed by atoms with Gasteiger partial charge in [-0.15, -0.1) is 0 Å². The zero-order chi connectivity index (χ0) is 68.7. The van der Waals surface area contributed by atoms with Crippen molar-refractivity contribution in [2.24, 2.45) is 0 Å². The number of benzene rings is 8. The van der Waals surface area contributed by atoms with Crippen LogP contribution in [0.1, 0.15) is 77.5 Å². The predicted octanol–water partition coefficient (Wildman–Crippen LogP) is 15.3. The van der Waals surface area contributed by atoms with Crippen molar-refractivity contribution in [1.29, 1.82) is 0 Å². The lowest BCUT2D eigenvalue weighted by molar-refractivity contribution is 0.0516. The van der Waals surface area contributed by atoms with Crippen molar-refractivity contribution in [3.8, 4) is 69.0 Å². The van der Waals surface area contributed by atoms with Crippen molar-refractivity contribution < 1.29 is 95.2 Å². The standard InChI is InChI=1S/C18H20O5.C16H15ClO4.C16H16O5.C10H12O4.C8H9BrO.Cl2OS/c1-4-22-18(19)14-7-10-16(17(11-14)21-3)23-12-13-5-8-15(20-2)9-6-13;2*1-19-13-6-3-11(4-7-13)10-21-14-8-5-12(16(17)18)9-15(14)20-2;1-3-14-10(12)7-4-5-8(11)9(6-7)13-2;1-10-8-4-2-7(6-9)3-5-8;1-4(2)3/h5-11H,4,12H2,1-3H3;3-9H,10H2,1-2H3;3-9H,10H2,1-2H3,(H,17,18);4-6,11H,3H2,1-2H3;2-5H,6H2,1H3;. The van der Waals surface area contributed by atoms with Gasteiger partial charge in [0.05, 0.1) is 86.8 Å². The highest BCUT2D eigenvalue weighted by Crippen LogP contribution is 2.33. The van der Waals surface area contributed by atoms with Crippen LogP contribution in [0, 0.1) is 0 Å². The van der Waals surface area contributed by atoms with Gasteiger partial charge >= 0.3 is 17.9 Å². The third-order valence-electron chi connectivity index (χ3n) is 12.1. The molecular formula is C68H72BrCl3O20S. The van der Waals surface area contributed by atoms with Crippen molar-refractivity contribution >= 4 is 81.3 Å². The number of carbonyl (C=O) groups excluding carboxylic acids is 3. The van der Waals surface area contributed by atoms with E-state index in [1.54, 1.807) is 84.8 Å². The Morgan fingerprint density at radius 2 is 0.677 bits per heavy atom. The molecule has 498 valence electrons. The molecule has 0 atom stereocenters. The molecule has 25 heteroatoms. The largest absolute Gasteiger partial charge is 0.504 e. The fourth-order valence-electron chi connectivity index (χ4n) is 7.34. The van der Waals surface area contributed by atoms with Crippen LogP contribution in [0.4, 0.5) is 0 Å². The molecule has 0 amide bonds. The minimum absolute atomic E-state index is 0.000508. The molecule has 0 saturated heterocycles. The fraction of sp³-hybridized carbons (Fsp3) is 0.235. The van der Waals surface area contributed by atoms with Gasteiger partial charge < -0.3 is 71.8 Å². The maximum absolute atomic E-state index is 11.7. The Morgan fingerprint density at radius 3 is 0.968 bits per heavy atom. The van der Waals surface area contributed by atoms with Gasteiger partial charge in [-0.1, -0.05) is 64.5 Å². The van der Waals surface area contributed by atoms with Crippen molar-refractivity contribution in [3.63, 3.8) is 0 Å². The van der Waals surface area contributed by atoms with Gasteiger partial charge in [0.2, 0.25) is 9.23 Å². The van der Waals surface area contributed by atoms with Gasteiger partial charge in [-0.2, -0.15) is 0 Å². The van der Waals surface area contributed by atoms with E-state index in [0.29, 0.717) is 84.2 Å². The van der Waals surface area contributed by atoms with Crippen LogP contribution >= 0.6 is 48.9 Å². The first-order valence-corrected chi connectivity index (χ1v) is 31.9. The Labute approximate surface area is 565 Å². The van der Waals surface area contributed by atoms with E-state index in [-0.39, 0.29) is 23.0 Å². The second kappa shape index (κ2) is 43.7. The monoisotopic (exact) mass is 1420 g/mol. The van der Waals surface area contributed by atoms with E-state index >= 15 is 0 Å². The molecule has 8 rings (SSSR count). The number of methoxy groups -OCH3 is 8. The summed E-state index contributed by atoms with van der Waals surface area (Å²) in [6.07, 6.45) is 0. The second-order valence-corrected chi connectivity index (χ2v) is 21.5. The normalized spacial score (nSPS) is 9.84. The van der Waals surface area contributed by atoms with Gasteiger partial charge in [-0.3, -0.25) is 4.79 Å². The first kappa shape index (κ1) is 78.2. The Morgan fingerprint density at radius 1 is 0.398 bits per heavy atom. The number of alkyl halides is 1. The van der Waals surface area contributed by atoms with Crippen molar-refractivity contribution in [3.05, 3.63) is 214 Å². The smallest absolute Gasteiger partial charge is 0.338 e. The quantitative estimate of drug-likeness (QED) is 0.0324. The van der Waals surface area contributed by atoms with E-state index in [2.05, 4.69) is 37.3 Å². The van der Waals surface area contributed by atoms with Crippen LogP contribution in [-0.4, -0.2) is 108 Å². The number of carboxylic acid groups (broad SMARTS) is 1. The Hall–Kier alpha value is -9.06. The fourth-order valence-corrected chi connectivity index (χ4v) is 7.83. The summed E-state index contributed by atoms with van der Waals surface area (Å²) in [5, 5.41) is 18.6. The number of rotatable bonds is 24. The third kappa shape index (κ3) is 28.6. The number of aromatic hydroxyl groups is 1. The lowest BCUT2D eigenvalue weighted by Crippen LogP contribution is -2.05. The van der Waals surface area contributed by atoms with Gasteiger partial charge in [0.25, 0.3) is 5.24 Å². The SMILES string of the molecule is CCOC(=O)c1ccc(O)c(OC)c1.CCOC(=O)c1ccc(OCc2ccc(OC)cc2)c(OC)c1.COc1ccc(CBr)cc1.COc1ccc(COc2ccc(C(=O)Cl)cc2OC)cc1.COc1ccc(COc2ccc(C(=O)O)cc2OC)cc1.O=S(Cl)Cl. The molecule has 0 aliphatic rings. The first-order valence-electron chi connectivity index (χ1n) is 27.6. The molecule has 0 fully saturated rings. The van der Waals surface area contributed by atoms with Gasteiger partial charge in [0.1, 0.15) is 42.8 Å². The molecule has 2 N–H and O–H groups in total. The molecule has 0 saturated carbocycles. The van der Waals surface area contributed by atoms with Gasteiger partial charge in [0.15, 0.2) is 46.0 Å². The van der Waals surface area contributed by atoms with E-state index in [9.17, 15) is 24.3 Å². The summed E-state index contributed by atoms with van der Waals surface area (Å²) in [4.78, 5) is 45.0. The molecular weight excluding hydrogens is 1360 g/mol. The van der Waals surface area contributed by atoms with Crippen LogP contribution in [0.25, 0.3) is 0 Å². The second-order valence-electron chi connectivity index (χ2n) is 18.1. The molecule has 0 aromatic heterocycles. The average molecular weight is 1430 g/mol. The molecule has 0 bridgehead atoms. The molecule has 0 aliphatic heterocycles. The summed E-state index contributed by atoms with van der Waals surface area (Å²) in [6, 6.07) is 49.3. The van der Waals surface area contributed by atoms with E-state index in [0.717, 1.165) is 45.0 Å². The maximum Gasteiger partial charge on any atom is 0.338 e. The number of halogens is 4. The summed E-state index contributed by atoms with van der Waals surface area (Å²) in [6.45, 7) is 5.27. The maximum atomic E-state index is 11.7.